The molecule has 0 aromatic heterocycles. The zero-order chi connectivity index (χ0) is 30.4. The monoisotopic (exact) mass is 556 g/mol. The number of allylic oxidation sites excluding steroid dienone is 1. The number of rotatable bonds is 4. The highest BCUT2D eigenvalue weighted by Gasteiger charge is 2.73. The van der Waals surface area contributed by atoms with Crippen LogP contribution in [0.25, 0.3) is 11.1 Å². The van der Waals surface area contributed by atoms with Crippen molar-refractivity contribution in [3.05, 3.63) is 64.2 Å². The molecule has 3 aliphatic rings. The number of hydrogen-bond donors (Lipinski definition) is 2. The molecule has 0 bridgehead atoms. The van der Waals surface area contributed by atoms with Crippen LogP contribution in [0.4, 0.5) is 0 Å². The standard InChI is InChI=1S/C34H36O7/c1-16(2)27-17(3)25(19(5)36)30(39)34(41)31(40)28-29(38)26-23(14-32(28,6)15-33(27,34)7)22(11-12-24(26)37)21-10-8-9-20(13-21)18(4)35/h8-13,16,25,28,37,41H,14-15H2,1-7H3/t25?,28?,32-,33-,34+/m0/s1. The third kappa shape index (κ3) is 3.71. The summed E-state index contributed by atoms with van der Waals surface area (Å²) < 4.78 is 0. The van der Waals surface area contributed by atoms with Crippen LogP contribution in [0.2, 0.25) is 0 Å². The quantitative estimate of drug-likeness (QED) is 0.305. The number of carbonyl (C=O) groups excluding carboxylic acids is 5. The predicted octanol–water partition coefficient (Wildman–Crippen LogP) is 5.09. The summed E-state index contributed by atoms with van der Waals surface area (Å²) in [7, 11) is 0. The van der Waals surface area contributed by atoms with Crippen molar-refractivity contribution in [2.24, 2.45) is 28.6 Å². The summed E-state index contributed by atoms with van der Waals surface area (Å²) in [4.78, 5) is 67.4. The number of phenolic OH excluding ortho intramolecular Hbond substituents is 1. The molecule has 5 rings (SSSR count). The third-order valence-corrected chi connectivity index (χ3v) is 9.89. The molecule has 214 valence electrons. The van der Waals surface area contributed by atoms with Crippen LogP contribution >= 0.6 is 0 Å². The van der Waals surface area contributed by atoms with Gasteiger partial charge in [0.15, 0.2) is 28.7 Å². The van der Waals surface area contributed by atoms with E-state index >= 15 is 0 Å². The minimum absolute atomic E-state index is 0.0130. The molecule has 3 aliphatic carbocycles. The van der Waals surface area contributed by atoms with Gasteiger partial charge < -0.3 is 10.2 Å². The van der Waals surface area contributed by atoms with Crippen LogP contribution in [0.15, 0.2) is 47.5 Å². The Morgan fingerprint density at radius 3 is 2.24 bits per heavy atom. The van der Waals surface area contributed by atoms with Crippen LogP contribution in [0.5, 0.6) is 5.75 Å². The Morgan fingerprint density at radius 1 is 1.00 bits per heavy atom. The highest BCUT2D eigenvalue weighted by molar-refractivity contribution is 6.27. The second-order valence-electron chi connectivity index (χ2n) is 13.0. The topological polar surface area (TPSA) is 126 Å². The number of fused-ring (bicyclic) bond motifs is 3. The maximum atomic E-state index is 14.4. The number of phenols is 1. The van der Waals surface area contributed by atoms with Crippen LogP contribution in [0.1, 0.15) is 81.2 Å². The summed E-state index contributed by atoms with van der Waals surface area (Å²) in [6.45, 7) is 11.8. The minimum atomic E-state index is -2.57. The number of carbonyl (C=O) groups is 5. The Labute approximate surface area is 239 Å². The fourth-order valence-corrected chi connectivity index (χ4v) is 8.52. The second kappa shape index (κ2) is 9.15. The van der Waals surface area contributed by atoms with Crippen LogP contribution < -0.4 is 0 Å². The Kier molecular flexibility index (Phi) is 6.43. The zero-order valence-corrected chi connectivity index (χ0v) is 24.5. The fraction of sp³-hybridized carbons (Fsp3) is 0.441. The van der Waals surface area contributed by atoms with Gasteiger partial charge in [-0.2, -0.15) is 0 Å². The van der Waals surface area contributed by atoms with Gasteiger partial charge in [-0.1, -0.05) is 63.1 Å². The molecule has 1 fully saturated rings. The van der Waals surface area contributed by atoms with E-state index < -0.39 is 51.4 Å². The maximum absolute atomic E-state index is 14.4. The lowest BCUT2D eigenvalue weighted by molar-refractivity contribution is -0.183. The molecule has 0 amide bonds. The first-order valence-corrected chi connectivity index (χ1v) is 14.0. The highest BCUT2D eigenvalue weighted by Crippen LogP contribution is 2.64. The first-order valence-electron chi connectivity index (χ1n) is 14.0. The van der Waals surface area contributed by atoms with E-state index in [4.69, 9.17) is 0 Å². The molecule has 0 aliphatic heterocycles. The highest BCUT2D eigenvalue weighted by atomic mass is 16.3. The van der Waals surface area contributed by atoms with Crippen molar-refractivity contribution in [2.45, 2.75) is 66.9 Å². The second-order valence-corrected chi connectivity index (χ2v) is 13.0. The van der Waals surface area contributed by atoms with Gasteiger partial charge in [-0.25, -0.2) is 0 Å². The summed E-state index contributed by atoms with van der Waals surface area (Å²) in [6.07, 6.45) is 0.362. The molecule has 41 heavy (non-hydrogen) atoms. The Morgan fingerprint density at radius 2 is 1.66 bits per heavy atom. The predicted molar refractivity (Wildman–Crippen MR) is 153 cm³/mol. The molecule has 7 nitrogen and oxygen atoms in total. The number of ketones is 5. The molecule has 2 unspecified atom stereocenters. The van der Waals surface area contributed by atoms with Crippen molar-refractivity contribution < 1.29 is 34.2 Å². The van der Waals surface area contributed by atoms with E-state index in [-0.39, 0.29) is 35.9 Å². The number of hydrogen-bond acceptors (Lipinski definition) is 7. The van der Waals surface area contributed by atoms with Gasteiger partial charge in [-0.15, -0.1) is 0 Å². The molecule has 2 N–H and O–H groups in total. The summed E-state index contributed by atoms with van der Waals surface area (Å²) in [5.74, 6) is -6.13. The molecule has 2 aromatic rings. The fourth-order valence-electron chi connectivity index (χ4n) is 8.52. The summed E-state index contributed by atoms with van der Waals surface area (Å²) in [5, 5.41) is 23.1. The van der Waals surface area contributed by atoms with Gasteiger partial charge in [0.05, 0.1) is 11.5 Å². The van der Waals surface area contributed by atoms with Gasteiger partial charge in [0.1, 0.15) is 17.5 Å². The van der Waals surface area contributed by atoms with Gasteiger partial charge in [0.25, 0.3) is 0 Å². The van der Waals surface area contributed by atoms with E-state index in [9.17, 15) is 34.2 Å². The maximum Gasteiger partial charge on any atom is 0.192 e. The van der Waals surface area contributed by atoms with E-state index in [0.717, 1.165) is 0 Å². The summed E-state index contributed by atoms with van der Waals surface area (Å²) >= 11 is 0. The lowest BCUT2D eigenvalue weighted by Crippen LogP contribution is -2.73. The summed E-state index contributed by atoms with van der Waals surface area (Å²) in [6, 6.07) is 10.1. The lowest BCUT2D eigenvalue weighted by atomic mass is 9.41. The van der Waals surface area contributed by atoms with Crippen molar-refractivity contribution in [3.8, 4) is 16.9 Å². The number of aromatic hydroxyl groups is 1. The lowest BCUT2D eigenvalue weighted by Gasteiger charge is -2.60. The van der Waals surface area contributed by atoms with Crippen molar-refractivity contribution in [1.29, 1.82) is 0 Å². The first-order chi connectivity index (χ1) is 19.0. The molecule has 5 atom stereocenters. The van der Waals surface area contributed by atoms with Crippen LogP contribution in [0.3, 0.4) is 0 Å². The largest absolute Gasteiger partial charge is 0.507 e. The Balaban J connectivity index is 1.76. The van der Waals surface area contributed by atoms with E-state index in [0.29, 0.717) is 33.4 Å². The Hall–Kier alpha value is -3.71. The normalized spacial score (nSPS) is 31.1. The molecular weight excluding hydrogens is 520 g/mol. The van der Waals surface area contributed by atoms with Crippen molar-refractivity contribution in [2.75, 3.05) is 0 Å². The SMILES string of the molecule is CC(=O)c1cccc(-c2ccc(O)c3c2C[C@@]2(C)C[C@@]4(C)C(C(C)C)=C(C)C(C(C)=O)C(=O)[C@@]4(O)C(=O)C2C3=O)c1. The van der Waals surface area contributed by atoms with Crippen LogP contribution in [0, 0.1) is 28.6 Å². The number of benzene rings is 2. The molecule has 0 heterocycles. The van der Waals surface area contributed by atoms with E-state index in [2.05, 4.69) is 0 Å². The van der Waals surface area contributed by atoms with Crippen molar-refractivity contribution >= 4 is 28.9 Å². The van der Waals surface area contributed by atoms with E-state index in [1.807, 2.05) is 26.8 Å². The molecule has 0 spiro atoms. The van der Waals surface area contributed by atoms with Crippen molar-refractivity contribution in [3.63, 3.8) is 0 Å². The summed E-state index contributed by atoms with van der Waals surface area (Å²) in [5.41, 5.74) is -1.26. The minimum Gasteiger partial charge on any atom is -0.507 e. The molecule has 1 saturated carbocycles. The molecule has 0 saturated heterocycles. The van der Waals surface area contributed by atoms with Gasteiger partial charge in [-0.05, 0) is 73.8 Å². The molecule has 0 radical (unpaired) electrons. The van der Waals surface area contributed by atoms with Gasteiger partial charge >= 0.3 is 0 Å². The average Bonchev–Trinajstić information content (AvgIpc) is 2.86. The zero-order valence-electron chi connectivity index (χ0n) is 24.5. The molecule has 2 aromatic carbocycles. The Bertz CT molecular complexity index is 1610. The first kappa shape index (κ1) is 28.8. The third-order valence-electron chi connectivity index (χ3n) is 9.89. The van der Waals surface area contributed by atoms with Crippen LogP contribution in [-0.4, -0.2) is 44.7 Å². The van der Waals surface area contributed by atoms with Crippen molar-refractivity contribution in [1.82, 2.24) is 0 Å². The average molecular weight is 557 g/mol. The van der Waals surface area contributed by atoms with Crippen LogP contribution in [-0.2, 0) is 20.8 Å². The molecule has 7 heteroatoms. The number of Topliss-reactive ketones (excluding diaryl/α,β-unsaturated/α-hetero) is 5. The van der Waals surface area contributed by atoms with E-state index in [1.54, 1.807) is 38.1 Å². The van der Waals surface area contributed by atoms with E-state index in [1.165, 1.54) is 19.9 Å². The smallest absolute Gasteiger partial charge is 0.192 e. The van der Waals surface area contributed by atoms with Gasteiger partial charge in [0.2, 0.25) is 0 Å². The van der Waals surface area contributed by atoms with Gasteiger partial charge in [-0.3, -0.25) is 24.0 Å². The number of aliphatic hydroxyl groups is 1. The van der Waals surface area contributed by atoms with Gasteiger partial charge in [0, 0.05) is 11.0 Å². The molecular formula is C34H36O7.